The van der Waals surface area contributed by atoms with Gasteiger partial charge in [-0.2, -0.15) is 0 Å². The third-order valence-corrected chi connectivity index (χ3v) is 5.53. The average molecular weight is 437 g/mol. The van der Waals surface area contributed by atoms with Gasteiger partial charge in [-0.25, -0.2) is 4.98 Å². The molecule has 3 aromatic rings. The van der Waals surface area contributed by atoms with Crippen LogP contribution in [0.5, 0.6) is 0 Å². The lowest BCUT2D eigenvalue weighted by atomic mass is 10.1. The van der Waals surface area contributed by atoms with E-state index in [4.69, 9.17) is 16.3 Å². The first-order chi connectivity index (χ1) is 15.1. The zero-order valence-corrected chi connectivity index (χ0v) is 18.2. The predicted molar refractivity (Wildman–Crippen MR) is 126 cm³/mol. The molecule has 160 valence electrons. The molecule has 2 aromatic carbocycles. The summed E-state index contributed by atoms with van der Waals surface area (Å²) in [6.07, 6.45) is 1.67. The molecule has 0 spiro atoms. The van der Waals surface area contributed by atoms with Gasteiger partial charge in [-0.1, -0.05) is 18.2 Å². The van der Waals surface area contributed by atoms with E-state index in [0.717, 1.165) is 47.1 Å². The van der Waals surface area contributed by atoms with Crippen molar-refractivity contribution < 1.29 is 9.53 Å². The molecule has 7 heteroatoms. The second-order valence-electron chi connectivity index (χ2n) is 7.44. The van der Waals surface area contributed by atoms with E-state index in [1.54, 1.807) is 12.3 Å². The summed E-state index contributed by atoms with van der Waals surface area (Å²) < 4.78 is 5.39. The molecule has 6 nitrogen and oxygen atoms in total. The maximum atomic E-state index is 12.9. The summed E-state index contributed by atoms with van der Waals surface area (Å²) in [5.74, 6) is 1.11. The molecule has 1 saturated heterocycles. The third kappa shape index (κ3) is 5.34. The number of morpholine rings is 1. The minimum Gasteiger partial charge on any atom is -0.378 e. The van der Waals surface area contributed by atoms with Gasteiger partial charge in [-0.15, -0.1) is 11.6 Å². The maximum absolute atomic E-state index is 12.9. The molecule has 31 heavy (non-hydrogen) atoms. The molecule has 0 bridgehead atoms. The number of nitrogens with one attached hydrogen (secondary N) is 2. The van der Waals surface area contributed by atoms with Gasteiger partial charge in [0, 0.05) is 47.8 Å². The van der Waals surface area contributed by atoms with E-state index < -0.39 is 0 Å². The van der Waals surface area contributed by atoms with Crippen LogP contribution in [0, 0.1) is 6.92 Å². The largest absolute Gasteiger partial charge is 0.378 e. The number of rotatable bonds is 6. The van der Waals surface area contributed by atoms with Gasteiger partial charge >= 0.3 is 0 Å². The molecule has 1 aliphatic rings. The number of benzene rings is 2. The molecule has 2 heterocycles. The van der Waals surface area contributed by atoms with Gasteiger partial charge < -0.3 is 20.3 Å². The molecule has 1 aromatic heterocycles. The van der Waals surface area contributed by atoms with E-state index in [2.05, 4.69) is 20.5 Å². The Morgan fingerprint density at radius 3 is 2.55 bits per heavy atom. The van der Waals surface area contributed by atoms with Gasteiger partial charge in [0.1, 0.15) is 5.82 Å². The lowest BCUT2D eigenvalue weighted by Crippen LogP contribution is -2.36. The molecule has 0 unspecified atom stereocenters. The highest BCUT2D eigenvalue weighted by Gasteiger charge is 2.15. The van der Waals surface area contributed by atoms with Crippen LogP contribution in [0.1, 0.15) is 21.5 Å². The topological polar surface area (TPSA) is 66.5 Å². The third-order valence-electron chi connectivity index (χ3n) is 5.23. The minimum atomic E-state index is -0.168. The number of hydrogen-bond donors (Lipinski definition) is 2. The molecular weight excluding hydrogens is 412 g/mol. The Morgan fingerprint density at radius 2 is 1.81 bits per heavy atom. The van der Waals surface area contributed by atoms with Crippen LogP contribution in [-0.2, 0) is 10.6 Å². The van der Waals surface area contributed by atoms with Crippen molar-refractivity contribution in [1.29, 1.82) is 0 Å². The zero-order chi connectivity index (χ0) is 21.6. The van der Waals surface area contributed by atoms with Crippen molar-refractivity contribution >= 4 is 40.4 Å². The molecule has 1 amide bonds. The number of nitrogens with zero attached hydrogens (tertiary/aromatic N) is 2. The predicted octanol–water partition coefficient (Wildman–Crippen LogP) is 4.96. The zero-order valence-electron chi connectivity index (χ0n) is 17.4. The highest BCUT2D eigenvalue weighted by Crippen LogP contribution is 2.25. The van der Waals surface area contributed by atoms with Crippen LogP contribution >= 0.6 is 11.6 Å². The van der Waals surface area contributed by atoms with Crippen molar-refractivity contribution in [2.24, 2.45) is 0 Å². The summed E-state index contributed by atoms with van der Waals surface area (Å²) >= 11 is 5.87. The molecular formula is C24H25ClN4O2. The summed E-state index contributed by atoms with van der Waals surface area (Å²) in [4.78, 5) is 19.4. The molecule has 0 atom stereocenters. The monoisotopic (exact) mass is 436 g/mol. The van der Waals surface area contributed by atoms with Crippen molar-refractivity contribution in [3.8, 4) is 0 Å². The van der Waals surface area contributed by atoms with E-state index in [1.807, 2.05) is 55.5 Å². The van der Waals surface area contributed by atoms with Gasteiger partial charge in [0.05, 0.1) is 13.2 Å². The number of aryl methyl sites for hydroxylation is 1. The van der Waals surface area contributed by atoms with E-state index in [-0.39, 0.29) is 5.91 Å². The number of aromatic nitrogens is 1. The molecule has 1 fully saturated rings. The van der Waals surface area contributed by atoms with Crippen LogP contribution in [0.3, 0.4) is 0 Å². The van der Waals surface area contributed by atoms with Crippen LogP contribution in [0.4, 0.5) is 22.9 Å². The summed E-state index contributed by atoms with van der Waals surface area (Å²) in [5.41, 5.74) is 5.34. The highest BCUT2D eigenvalue weighted by atomic mass is 35.5. The Hall–Kier alpha value is -3.09. The first-order valence-electron chi connectivity index (χ1n) is 10.2. The fourth-order valence-electron chi connectivity index (χ4n) is 3.40. The number of carbonyl (C=O) groups excluding carboxylic acids is 1. The Morgan fingerprint density at radius 1 is 1.06 bits per heavy atom. The minimum absolute atomic E-state index is 0.168. The first-order valence-corrected chi connectivity index (χ1v) is 10.8. The molecule has 2 N–H and O–H groups in total. The second-order valence-corrected chi connectivity index (χ2v) is 7.71. The molecule has 0 saturated carbocycles. The maximum Gasteiger partial charge on any atom is 0.255 e. The van der Waals surface area contributed by atoms with Crippen molar-refractivity contribution in [1.82, 2.24) is 4.98 Å². The van der Waals surface area contributed by atoms with Crippen molar-refractivity contribution in [3.05, 3.63) is 77.5 Å². The molecule has 4 rings (SSSR count). The van der Waals surface area contributed by atoms with Crippen molar-refractivity contribution in [2.45, 2.75) is 12.8 Å². The quantitative estimate of drug-likeness (QED) is 0.534. The number of pyridine rings is 1. The normalized spacial score (nSPS) is 13.7. The second kappa shape index (κ2) is 9.81. The molecule has 0 radical (unpaired) electrons. The average Bonchev–Trinajstić information content (AvgIpc) is 2.82. The lowest BCUT2D eigenvalue weighted by molar-refractivity contribution is 0.102. The van der Waals surface area contributed by atoms with E-state index >= 15 is 0 Å². The van der Waals surface area contributed by atoms with Gasteiger partial charge in [-0.3, -0.25) is 4.79 Å². The van der Waals surface area contributed by atoms with Crippen LogP contribution in [0.2, 0.25) is 0 Å². The number of alkyl halides is 1. The van der Waals surface area contributed by atoms with Gasteiger partial charge in [0.15, 0.2) is 0 Å². The highest BCUT2D eigenvalue weighted by molar-refractivity contribution is 6.17. The Labute approximate surface area is 187 Å². The van der Waals surface area contributed by atoms with Crippen LogP contribution in [0.15, 0.2) is 60.8 Å². The van der Waals surface area contributed by atoms with Crippen LogP contribution < -0.4 is 15.5 Å². The first kappa shape index (κ1) is 21.2. The number of amides is 1. The Bertz CT molecular complexity index is 1050. The van der Waals surface area contributed by atoms with Crippen LogP contribution in [-0.4, -0.2) is 37.2 Å². The van der Waals surface area contributed by atoms with Gasteiger partial charge in [-0.05, 0) is 54.4 Å². The number of hydrogen-bond acceptors (Lipinski definition) is 5. The fraction of sp³-hybridized carbons (Fsp3) is 0.250. The smallest absolute Gasteiger partial charge is 0.255 e. The van der Waals surface area contributed by atoms with Crippen molar-refractivity contribution in [3.63, 3.8) is 0 Å². The Balaban J connectivity index is 1.47. The molecule has 0 aliphatic carbocycles. The van der Waals surface area contributed by atoms with E-state index in [0.29, 0.717) is 24.7 Å². The number of halogens is 1. The lowest BCUT2D eigenvalue weighted by Gasteiger charge is -2.27. The molecule has 1 aliphatic heterocycles. The SMILES string of the molecule is Cc1ccc(NC(=O)c2ccnc(N3CCOCC3)c2)cc1Nc1ccc(CCl)cc1. The Kier molecular flexibility index (Phi) is 6.70. The standard InChI is InChI=1S/C24H25ClN4O2/c1-17-2-5-21(15-22(17)27-20-6-3-18(16-25)4-7-20)28-24(30)19-8-9-26-23(14-19)29-10-12-31-13-11-29/h2-9,14-15,27H,10-13,16H2,1H3,(H,28,30). The summed E-state index contributed by atoms with van der Waals surface area (Å²) in [6, 6.07) is 17.3. The van der Waals surface area contributed by atoms with Gasteiger partial charge in [0.25, 0.3) is 5.91 Å². The fourth-order valence-corrected chi connectivity index (χ4v) is 3.57. The van der Waals surface area contributed by atoms with Crippen molar-refractivity contribution in [2.75, 3.05) is 41.8 Å². The summed E-state index contributed by atoms with van der Waals surface area (Å²) in [7, 11) is 0. The van der Waals surface area contributed by atoms with Crippen LogP contribution in [0.25, 0.3) is 0 Å². The number of carbonyl (C=O) groups is 1. The van der Waals surface area contributed by atoms with Gasteiger partial charge in [0.2, 0.25) is 0 Å². The summed E-state index contributed by atoms with van der Waals surface area (Å²) in [6.45, 7) is 4.92. The number of anilines is 4. The van der Waals surface area contributed by atoms with E-state index in [9.17, 15) is 4.79 Å². The summed E-state index contributed by atoms with van der Waals surface area (Å²) in [5, 5.41) is 6.40. The van der Waals surface area contributed by atoms with E-state index in [1.165, 1.54) is 0 Å². The number of ether oxygens (including phenoxy) is 1.